The molecule has 0 bridgehead atoms. The third-order valence-corrected chi connectivity index (χ3v) is 5.32. The quantitative estimate of drug-likeness (QED) is 0.480. The number of carbonyl (C=O) groups is 1. The van der Waals surface area contributed by atoms with E-state index in [0.29, 0.717) is 24.5 Å². The number of pyridine rings is 1. The van der Waals surface area contributed by atoms with E-state index >= 15 is 0 Å². The first-order valence-corrected chi connectivity index (χ1v) is 10.2. The molecule has 1 aromatic carbocycles. The van der Waals surface area contributed by atoms with Gasteiger partial charge in [0.05, 0.1) is 0 Å². The minimum atomic E-state index is -0.409. The fraction of sp³-hybridized carbons (Fsp3) is 0.250. The van der Waals surface area contributed by atoms with Gasteiger partial charge in [-0.2, -0.15) is 10.2 Å². The topological polar surface area (TPSA) is 87.7 Å². The van der Waals surface area contributed by atoms with Gasteiger partial charge in [0.15, 0.2) is 0 Å². The summed E-state index contributed by atoms with van der Waals surface area (Å²) in [6, 6.07) is 14.5. The molecule has 7 heteroatoms. The summed E-state index contributed by atoms with van der Waals surface area (Å²) < 4.78 is 7.37. The molecular formula is C24H22N4O3. The Morgan fingerprint density at radius 2 is 1.87 bits per heavy atom. The fourth-order valence-electron chi connectivity index (χ4n) is 3.61. The average molecular weight is 414 g/mol. The molecule has 1 aliphatic heterocycles. The molecule has 0 spiro atoms. The van der Waals surface area contributed by atoms with Crippen LogP contribution in [0.4, 0.5) is 0 Å². The van der Waals surface area contributed by atoms with Crippen LogP contribution in [0.15, 0.2) is 59.0 Å². The zero-order chi connectivity index (χ0) is 21.8. The number of carbonyl (C=O) groups excluding carboxylic acids is 1. The van der Waals surface area contributed by atoms with E-state index in [1.807, 2.05) is 31.2 Å². The second-order valence-electron chi connectivity index (χ2n) is 7.45. The lowest BCUT2D eigenvalue weighted by molar-refractivity contribution is -0.127. The molecule has 0 unspecified atom stereocenters. The van der Waals surface area contributed by atoms with Gasteiger partial charge in [-0.05, 0) is 56.0 Å². The van der Waals surface area contributed by atoms with Crippen LogP contribution in [0.5, 0.6) is 11.6 Å². The van der Waals surface area contributed by atoms with E-state index in [1.54, 1.807) is 35.4 Å². The van der Waals surface area contributed by atoms with E-state index in [2.05, 4.69) is 4.98 Å². The van der Waals surface area contributed by atoms with Crippen molar-refractivity contribution in [1.82, 2.24) is 14.3 Å². The van der Waals surface area contributed by atoms with E-state index in [1.165, 1.54) is 10.5 Å². The summed E-state index contributed by atoms with van der Waals surface area (Å²) in [5.41, 5.74) is 0.833. The summed E-state index contributed by atoms with van der Waals surface area (Å²) in [6.45, 7) is 3.11. The Morgan fingerprint density at radius 1 is 1.13 bits per heavy atom. The van der Waals surface area contributed by atoms with Gasteiger partial charge in [-0.25, -0.2) is 0 Å². The first-order chi connectivity index (χ1) is 15.1. The molecular weight excluding hydrogens is 392 g/mol. The third kappa shape index (κ3) is 4.19. The summed E-state index contributed by atoms with van der Waals surface area (Å²) in [6.07, 6.45) is 5.79. The second-order valence-corrected chi connectivity index (χ2v) is 7.45. The summed E-state index contributed by atoms with van der Waals surface area (Å²) in [5.74, 6) is 0.233. The van der Waals surface area contributed by atoms with E-state index in [0.717, 1.165) is 24.8 Å². The van der Waals surface area contributed by atoms with E-state index in [4.69, 9.17) is 4.74 Å². The number of amides is 1. The lowest BCUT2D eigenvalue weighted by atomic mass is 10.1. The van der Waals surface area contributed by atoms with Crippen LogP contribution < -0.4 is 10.3 Å². The first kappa shape index (κ1) is 20.4. The highest BCUT2D eigenvalue weighted by atomic mass is 16.5. The number of ether oxygens (including phenoxy) is 1. The number of para-hydroxylation sites is 1. The maximum absolute atomic E-state index is 13.2. The molecule has 31 heavy (non-hydrogen) atoms. The van der Waals surface area contributed by atoms with Gasteiger partial charge in [-0.15, -0.1) is 0 Å². The van der Waals surface area contributed by atoms with Gasteiger partial charge in [0.25, 0.3) is 11.5 Å². The highest BCUT2D eigenvalue weighted by Crippen LogP contribution is 2.27. The monoisotopic (exact) mass is 414 g/mol. The van der Waals surface area contributed by atoms with Gasteiger partial charge in [0.2, 0.25) is 5.88 Å². The first-order valence-electron chi connectivity index (χ1n) is 10.2. The molecule has 1 amide bonds. The molecule has 7 nitrogen and oxygen atoms in total. The van der Waals surface area contributed by atoms with Crippen LogP contribution in [-0.4, -0.2) is 33.3 Å². The Morgan fingerprint density at radius 3 is 2.61 bits per heavy atom. The van der Waals surface area contributed by atoms with Crippen LogP contribution in [-0.2, 0) is 4.79 Å². The minimum absolute atomic E-state index is 0.0599. The van der Waals surface area contributed by atoms with Crippen molar-refractivity contribution in [2.45, 2.75) is 26.2 Å². The third-order valence-electron chi connectivity index (χ3n) is 5.32. The number of aryl methyl sites for hydroxylation is 1. The molecule has 4 rings (SSSR count). The molecule has 0 aliphatic carbocycles. The van der Waals surface area contributed by atoms with Gasteiger partial charge >= 0.3 is 0 Å². The minimum Gasteiger partial charge on any atom is -0.438 e. The molecule has 0 atom stereocenters. The highest BCUT2D eigenvalue weighted by Gasteiger charge is 2.22. The van der Waals surface area contributed by atoms with Crippen molar-refractivity contribution in [3.05, 3.63) is 75.7 Å². The van der Waals surface area contributed by atoms with Crippen molar-refractivity contribution in [1.29, 1.82) is 5.26 Å². The lowest BCUT2D eigenvalue weighted by Gasteiger charge is -2.26. The SMILES string of the molecule is Cc1ccccc1Oc1nc2ccccn2c(=O)c1C=C(C#N)C(=O)N1CCCCC1. The average Bonchev–Trinajstić information content (AvgIpc) is 2.81. The van der Waals surface area contributed by atoms with Crippen LogP contribution >= 0.6 is 0 Å². The maximum atomic E-state index is 13.2. The van der Waals surface area contributed by atoms with Crippen molar-refractivity contribution >= 4 is 17.6 Å². The number of nitriles is 1. The Bertz CT molecular complexity index is 1260. The molecule has 0 radical (unpaired) electrons. The van der Waals surface area contributed by atoms with Crippen LogP contribution in [0.1, 0.15) is 30.4 Å². The van der Waals surface area contributed by atoms with Gasteiger partial charge in [-0.1, -0.05) is 24.3 Å². The molecule has 2 aromatic heterocycles. The zero-order valence-corrected chi connectivity index (χ0v) is 17.2. The zero-order valence-electron chi connectivity index (χ0n) is 17.2. The summed E-state index contributed by atoms with van der Waals surface area (Å²) in [5, 5.41) is 9.68. The normalized spacial score (nSPS) is 14.3. The molecule has 0 saturated carbocycles. The Hall–Kier alpha value is -3.92. The fourth-order valence-corrected chi connectivity index (χ4v) is 3.61. The van der Waals surface area contributed by atoms with Crippen LogP contribution in [0.2, 0.25) is 0 Å². The number of benzene rings is 1. The summed E-state index contributed by atoms with van der Waals surface area (Å²) in [7, 11) is 0. The van der Waals surface area contributed by atoms with Crippen molar-refractivity contribution in [2.75, 3.05) is 13.1 Å². The molecule has 1 fully saturated rings. The highest BCUT2D eigenvalue weighted by molar-refractivity contribution is 6.02. The summed E-state index contributed by atoms with van der Waals surface area (Å²) >= 11 is 0. The number of fused-ring (bicyclic) bond motifs is 1. The van der Waals surface area contributed by atoms with E-state index < -0.39 is 5.56 Å². The van der Waals surface area contributed by atoms with Crippen LogP contribution in [0.3, 0.4) is 0 Å². The molecule has 0 N–H and O–H groups in total. The Kier molecular flexibility index (Phi) is 5.80. The second kappa shape index (κ2) is 8.84. The number of aromatic nitrogens is 2. The van der Waals surface area contributed by atoms with Gasteiger partial charge in [-0.3, -0.25) is 14.0 Å². The van der Waals surface area contributed by atoms with Gasteiger partial charge < -0.3 is 9.64 Å². The number of likely N-dealkylation sites (tertiary alicyclic amines) is 1. The number of hydrogen-bond acceptors (Lipinski definition) is 5. The number of rotatable bonds is 4. The molecule has 156 valence electrons. The number of hydrogen-bond donors (Lipinski definition) is 0. The molecule has 1 saturated heterocycles. The van der Waals surface area contributed by atoms with Gasteiger partial charge in [0.1, 0.15) is 28.6 Å². The van der Waals surface area contributed by atoms with Crippen LogP contribution in [0.25, 0.3) is 11.7 Å². The van der Waals surface area contributed by atoms with Crippen molar-refractivity contribution < 1.29 is 9.53 Å². The predicted octanol–water partition coefficient (Wildman–Crippen LogP) is 3.71. The number of piperidine rings is 1. The van der Waals surface area contributed by atoms with Crippen molar-refractivity contribution in [3.63, 3.8) is 0 Å². The Balaban J connectivity index is 1.84. The lowest BCUT2D eigenvalue weighted by Crippen LogP contribution is -2.36. The van der Waals surface area contributed by atoms with Crippen molar-refractivity contribution in [2.24, 2.45) is 0 Å². The van der Waals surface area contributed by atoms with E-state index in [9.17, 15) is 14.9 Å². The largest absolute Gasteiger partial charge is 0.438 e. The maximum Gasteiger partial charge on any atom is 0.269 e. The predicted molar refractivity (Wildman–Crippen MR) is 117 cm³/mol. The standard InChI is InChI=1S/C24H22N4O3/c1-17-9-3-4-10-20(17)31-22-19(24(30)28-14-8-5-11-21(28)26-22)15-18(16-25)23(29)27-12-6-2-7-13-27/h3-5,8-11,14-15H,2,6-7,12-13H2,1H3. The van der Waals surface area contributed by atoms with Crippen LogP contribution in [0, 0.1) is 18.3 Å². The van der Waals surface area contributed by atoms with Crippen molar-refractivity contribution in [3.8, 4) is 17.7 Å². The molecule has 1 aliphatic rings. The van der Waals surface area contributed by atoms with Gasteiger partial charge in [0, 0.05) is 19.3 Å². The summed E-state index contributed by atoms with van der Waals surface area (Å²) in [4.78, 5) is 32.3. The molecule has 3 aromatic rings. The number of nitrogens with zero attached hydrogens (tertiary/aromatic N) is 4. The smallest absolute Gasteiger partial charge is 0.269 e. The Labute approximate surface area is 179 Å². The van der Waals surface area contributed by atoms with E-state index in [-0.39, 0.29) is 22.9 Å². The molecule has 3 heterocycles.